The van der Waals surface area contributed by atoms with Crippen molar-refractivity contribution in [2.75, 3.05) is 12.4 Å². The highest BCUT2D eigenvalue weighted by Gasteiger charge is 2.17. The van der Waals surface area contributed by atoms with Gasteiger partial charge < -0.3 is 14.8 Å². The monoisotopic (exact) mass is 441 g/mol. The molecule has 10 heteroatoms. The Morgan fingerprint density at radius 1 is 1.17 bits per heavy atom. The zero-order chi connectivity index (χ0) is 21.0. The predicted molar refractivity (Wildman–Crippen MR) is 105 cm³/mol. The van der Waals surface area contributed by atoms with Gasteiger partial charge in [0.25, 0.3) is 5.91 Å². The Hall–Kier alpha value is -2.84. The number of carbonyl (C=O) groups is 1. The summed E-state index contributed by atoms with van der Waals surface area (Å²) >= 11 is 12.3. The molecule has 1 heterocycles. The van der Waals surface area contributed by atoms with Crippen molar-refractivity contribution >= 4 is 34.9 Å². The zero-order valence-corrected chi connectivity index (χ0v) is 16.5. The number of methoxy groups -OCH3 is 1. The predicted octanol–water partition coefficient (Wildman–Crippen LogP) is 5.10. The number of rotatable bonds is 7. The van der Waals surface area contributed by atoms with E-state index in [1.807, 2.05) is 18.2 Å². The fourth-order valence-corrected chi connectivity index (χ4v) is 2.94. The largest absolute Gasteiger partial charge is 0.493 e. The molecule has 29 heavy (non-hydrogen) atoms. The topological polar surface area (TPSA) is 65.4 Å². The molecule has 0 bridgehead atoms. The molecule has 3 aromatic rings. The number of hydrogen-bond acceptors (Lipinski definition) is 4. The molecule has 1 aromatic heterocycles. The number of nitrogens with one attached hydrogen (secondary N) is 1. The first-order valence-electron chi connectivity index (χ1n) is 8.28. The number of nitrogens with zero attached hydrogens (tertiary/aromatic N) is 2. The molecule has 0 aliphatic heterocycles. The Morgan fingerprint density at radius 2 is 1.93 bits per heavy atom. The molecule has 0 saturated heterocycles. The average Bonchev–Trinajstić information content (AvgIpc) is 3.02. The highest BCUT2D eigenvalue weighted by molar-refractivity contribution is 6.33. The third-order valence-electron chi connectivity index (χ3n) is 3.88. The Balaban J connectivity index is 1.75. The lowest BCUT2D eigenvalue weighted by molar-refractivity contribution is -0.0512. The van der Waals surface area contributed by atoms with E-state index >= 15 is 0 Å². The summed E-state index contributed by atoms with van der Waals surface area (Å²) in [6.45, 7) is -2.65. The lowest BCUT2D eigenvalue weighted by Crippen LogP contribution is -2.14. The van der Waals surface area contributed by atoms with Crippen LogP contribution in [-0.2, 0) is 6.54 Å². The van der Waals surface area contributed by atoms with Gasteiger partial charge in [0.15, 0.2) is 17.3 Å². The Kier molecular flexibility index (Phi) is 6.56. The lowest BCUT2D eigenvalue weighted by atomic mass is 10.2. The second-order valence-electron chi connectivity index (χ2n) is 5.81. The number of halogens is 4. The molecular weight excluding hydrogens is 427 g/mol. The van der Waals surface area contributed by atoms with Gasteiger partial charge in [-0.05, 0) is 29.8 Å². The van der Waals surface area contributed by atoms with Gasteiger partial charge in [0.2, 0.25) is 0 Å². The summed E-state index contributed by atoms with van der Waals surface area (Å²) in [4.78, 5) is 12.5. The van der Waals surface area contributed by atoms with Crippen LogP contribution in [0.3, 0.4) is 0 Å². The maximum absolute atomic E-state index is 12.5. The van der Waals surface area contributed by atoms with Crippen LogP contribution in [0.4, 0.5) is 14.6 Å². The Labute approximate surface area is 174 Å². The van der Waals surface area contributed by atoms with Gasteiger partial charge in [0, 0.05) is 16.8 Å². The highest BCUT2D eigenvalue weighted by Crippen LogP contribution is 2.30. The van der Waals surface area contributed by atoms with E-state index in [4.69, 9.17) is 27.9 Å². The van der Waals surface area contributed by atoms with Crippen molar-refractivity contribution in [1.82, 2.24) is 9.78 Å². The molecule has 2 aromatic carbocycles. The fraction of sp³-hybridized carbons (Fsp3) is 0.158. The minimum atomic E-state index is -3.01. The van der Waals surface area contributed by atoms with E-state index in [-0.39, 0.29) is 27.9 Å². The van der Waals surface area contributed by atoms with E-state index in [1.54, 1.807) is 16.9 Å². The van der Waals surface area contributed by atoms with E-state index in [0.717, 1.165) is 5.56 Å². The van der Waals surface area contributed by atoms with Crippen LogP contribution in [0.15, 0.2) is 48.7 Å². The minimum absolute atomic E-state index is 0.00621. The van der Waals surface area contributed by atoms with Gasteiger partial charge in [0.05, 0.1) is 13.7 Å². The zero-order valence-electron chi connectivity index (χ0n) is 15.0. The minimum Gasteiger partial charge on any atom is -0.493 e. The summed E-state index contributed by atoms with van der Waals surface area (Å²) in [5, 5.41) is 7.65. The SMILES string of the molecule is COc1cc(C(=O)Nc2nn(Cc3ccccc3Cl)cc2Cl)ccc1OC(F)F. The fourth-order valence-electron chi connectivity index (χ4n) is 2.55. The van der Waals surface area contributed by atoms with E-state index in [2.05, 4.69) is 15.2 Å². The quantitative estimate of drug-likeness (QED) is 0.553. The van der Waals surface area contributed by atoms with Crippen LogP contribution in [0.5, 0.6) is 11.5 Å². The molecule has 152 valence electrons. The summed E-state index contributed by atoms with van der Waals surface area (Å²) in [7, 11) is 1.28. The molecule has 0 aliphatic rings. The molecule has 0 fully saturated rings. The Morgan fingerprint density at radius 3 is 2.62 bits per heavy atom. The number of carbonyl (C=O) groups excluding carboxylic acids is 1. The third kappa shape index (κ3) is 5.16. The lowest BCUT2D eigenvalue weighted by Gasteiger charge is -2.11. The van der Waals surface area contributed by atoms with E-state index < -0.39 is 12.5 Å². The standard InChI is InChI=1S/C19H15Cl2F2N3O3/c1-28-16-8-11(6-7-15(16)29-19(22)23)18(27)24-17-14(21)10-26(25-17)9-12-4-2-3-5-13(12)20/h2-8,10,19H,9H2,1H3,(H,24,25,27). The smallest absolute Gasteiger partial charge is 0.387 e. The molecule has 6 nitrogen and oxygen atoms in total. The third-order valence-corrected chi connectivity index (χ3v) is 4.53. The van der Waals surface area contributed by atoms with E-state index in [9.17, 15) is 13.6 Å². The van der Waals surface area contributed by atoms with Gasteiger partial charge in [-0.25, -0.2) is 0 Å². The number of amides is 1. The van der Waals surface area contributed by atoms with Crippen molar-refractivity contribution in [3.8, 4) is 11.5 Å². The normalized spacial score (nSPS) is 10.8. The van der Waals surface area contributed by atoms with Crippen LogP contribution in [-0.4, -0.2) is 29.4 Å². The van der Waals surface area contributed by atoms with E-state index in [1.165, 1.54) is 25.3 Å². The van der Waals surface area contributed by atoms with Gasteiger partial charge >= 0.3 is 6.61 Å². The molecule has 0 unspecified atom stereocenters. The first-order valence-corrected chi connectivity index (χ1v) is 9.03. The first-order chi connectivity index (χ1) is 13.9. The van der Waals surface area contributed by atoms with Gasteiger partial charge in [-0.2, -0.15) is 13.9 Å². The molecule has 0 spiro atoms. The second kappa shape index (κ2) is 9.11. The van der Waals surface area contributed by atoms with Crippen LogP contribution >= 0.6 is 23.2 Å². The molecule has 0 saturated carbocycles. The van der Waals surface area contributed by atoms with Gasteiger partial charge in [-0.15, -0.1) is 0 Å². The summed E-state index contributed by atoms with van der Waals surface area (Å²) < 4.78 is 35.7. The van der Waals surface area contributed by atoms with Crippen LogP contribution in [0.25, 0.3) is 0 Å². The molecule has 0 radical (unpaired) electrons. The molecule has 1 amide bonds. The van der Waals surface area contributed by atoms with Crippen molar-refractivity contribution in [2.45, 2.75) is 13.2 Å². The van der Waals surface area contributed by atoms with Crippen LogP contribution in [0, 0.1) is 0 Å². The van der Waals surface area contributed by atoms with Crippen LogP contribution in [0.2, 0.25) is 10.0 Å². The summed E-state index contributed by atoms with van der Waals surface area (Å²) in [6, 6.07) is 11.1. The number of anilines is 1. The van der Waals surface area contributed by atoms with Crippen molar-refractivity contribution in [1.29, 1.82) is 0 Å². The highest BCUT2D eigenvalue weighted by atomic mass is 35.5. The van der Waals surface area contributed by atoms with Gasteiger partial charge in [0.1, 0.15) is 5.02 Å². The number of benzene rings is 2. The van der Waals surface area contributed by atoms with Crippen LogP contribution < -0.4 is 14.8 Å². The maximum Gasteiger partial charge on any atom is 0.387 e. The summed E-state index contributed by atoms with van der Waals surface area (Å²) in [5.41, 5.74) is 0.991. The second-order valence-corrected chi connectivity index (χ2v) is 6.63. The van der Waals surface area contributed by atoms with Crippen molar-refractivity contribution < 1.29 is 23.0 Å². The number of hydrogen-bond donors (Lipinski definition) is 1. The number of ether oxygens (including phenoxy) is 2. The van der Waals surface area contributed by atoms with Crippen molar-refractivity contribution in [3.05, 3.63) is 69.8 Å². The summed E-state index contributed by atoms with van der Waals surface area (Å²) in [5.74, 6) is -0.582. The first kappa shape index (κ1) is 20.9. The van der Waals surface area contributed by atoms with E-state index in [0.29, 0.717) is 11.6 Å². The molecule has 3 rings (SSSR count). The maximum atomic E-state index is 12.5. The number of aromatic nitrogens is 2. The van der Waals surface area contributed by atoms with Crippen molar-refractivity contribution in [2.24, 2.45) is 0 Å². The number of alkyl halides is 2. The molecule has 0 atom stereocenters. The average molecular weight is 442 g/mol. The Bertz CT molecular complexity index is 1030. The molecule has 1 N–H and O–H groups in total. The molecular formula is C19H15Cl2F2N3O3. The van der Waals surface area contributed by atoms with Crippen LogP contribution in [0.1, 0.15) is 15.9 Å². The van der Waals surface area contributed by atoms with Gasteiger partial charge in [-0.1, -0.05) is 41.4 Å². The van der Waals surface area contributed by atoms with Gasteiger partial charge in [-0.3, -0.25) is 9.48 Å². The summed E-state index contributed by atoms with van der Waals surface area (Å²) in [6.07, 6.45) is 1.56. The molecule has 0 aliphatic carbocycles. The van der Waals surface area contributed by atoms with Crippen molar-refractivity contribution in [3.63, 3.8) is 0 Å².